The minimum Gasteiger partial charge on any atom is -0.490 e. The number of benzene rings is 2. The maximum absolute atomic E-state index is 12.8. The van der Waals surface area contributed by atoms with Crippen LogP contribution in [0.15, 0.2) is 42.5 Å². The number of nitrogens with zero attached hydrogens (tertiary/aromatic N) is 2. The standard InChI is InChI=1S/C25H31N3O3/c1-4-18-14-20(16-23(15-18)31-22-10-12-28(3)13-11-22)24(25(29)30-5-2)27-21-8-6-19(17-26)7-9-21/h6-9,14-16,22,24,27H,4-5,10-13H2,1-3H3. The topological polar surface area (TPSA) is 74.6 Å². The molecule has 0 aliphatic carbocycles. The summed E-state index contributed by atoms with van der Waals surface area (Å²) < 4.78 is 11.7. The zero-order chi connectivity index (χ0) is 22.2. The monoisotopic (exact) mass is 421 g/mol. The zero-order valence-electron chi connectivity index (χ0n) is 18.6. The molecule has 1 saturated heterocycles. The van der Waals surface area contributed by atoms with Crippen LogP contribution in [0.4, 0.5) is 5.69 Å². The molecule has 1 N–H and O–H groups in total. The molecule has 0 radical (unpaired) electrons. The Morgan fingerprint density at radius 1 is 1.19 bits per heavy atom. The summed E-state index contributed by atoms with van der Waals surface area (Å²) in [5.41, 5.74) is 3.23. The molecule has 2 aromatic rings. The van der Waals surface area contributed by atoms with Gasteiger partial charge in [-0.15, -0.1) is 0 Å². The summed E-state index contributed by atoms with van der Waals surface area (Å²) in [4.78, 5) is 15.1. The van der Waals surface area contributed by atoms with E-state index in [9.17, 15) is 4.79 Å². The third-order valence-corrected chi connectivity index (χ3v) is 5.55. The van der Waals surface area contributed by atoms with Crippen molar-refractivity contribution in [1.29, 1.82) is 5.26 Å². The Bertz CT molecular complexity index is 913. The van der Waals surface area contributed by atoms with E-state index < -0.39 is 6.04 Å². The molecule has 2 aromatic carbocycles. The molecule has 0 bridgehead atoms. The number of carbonyl (C=O) groups excluding carboxylic acids is 1. The van der Waals surface area contributed by atoms with Crippen molar-refractivity contribution >= 4 is 11.7 Å². The highest BCUT2D eigenvalue weighted by Gasteiger charge is 2.24. The zero-order valence-corrected chi connectivity index (χ0v) is 18.6. The van der Waals surface area contributed by atoms with Gasteiger partial charge in [-0.3, -0.25) is 0 Å². The Balaban J connectivity index is 1.87. The predicted molar refractivity (Wildman–Crippen MR) is 121 cm³/mol. The van der Waals surface area contributed by atoms with Crippen molar-refractivity contribution in [3.05, 3.63) is 59.2 Å². The Morgan fingerprint density at radius 3 is 2.52 bits per heavy atom. The van der Waals surface area contributed by atoms with Gasteiger partial charge in [-0.25, -0.2) is 4.79 Å². The van der Waals surface area contributed by atoms with E-state index in [0.29, 0.717) is 12.2 Å². The van der Waals surface area contributed by atoms with Gasteiger partial charge in [0.25, 0.3) is 0 Å². The molecule has 0 aromatic heterocycles. The quantitative estimate of drug-likeness (QED) is 0.640. The first kappa shape index (κ1) is 22.6. The van der Waals surface area contributed by atoms with Gasteiger partial charge in [0.15, 0.2) is 6.04 Å². The number of nitriles is 1. The molecule has 6 nitrogen and oxygen atoms in total. The molecule has 0 amide bonds. The van der Waals surface area contributed by atoms with Gasteiger partial charge in [-0.05, 0) is 80.8 Å². The lowest BCUT2D eigenvalue weighted by Gasteiger charge is -2.29. The lowest BCUT2D eigenvalue weighted by molar-refractivity contribution is -0.144. The third kappa shape index (κ3) is 6.22. The highest BCUT2D eigenvalue weighted by atomic mass is 16.5. The molecule has 1 atom stereocenters. The van der Waals surface area contributed by atoms with Crippen LogP contribution < -0.4 is 10.1 Å². The van der Waals surface area contributed by atoms with Crippen LogP contribution >= 0.6 is 0 Å². The third-order valence-electron chi connectivity index (χ3n) is 5.55. The first-order chi connectivity index (χ1) is 15.0. The fourth-order valence-electron chi connectivity index (χ4n) is 3.73. The van der Waals surface area contributed by atoms with E-state index >= 15 is 0 Å². The summed E-state index contributed by atoms with van der Waals surface area (Å²) in [6, 6.07) is 14.5. The summed E-state index contributed by atoms with van der Waals surface area (Å²) in [5, 5.41) is 12.3. The van der Waals surface area contributed by atoms with Crippen molar-refractivity contribution in [2.75, 3.05) is 32.1 Å². The van der Waals surface area contributed by atoms with E-state index in [1.54, 1.807) is 31.2 Å². The van der Waals surface area contributed by atoms with Gasteiger partial charge in [0.1, 0.15) is 11.9 Å². The van der Waals surface area contributed by atoms with Crippen LogP contribution in [0.1, 0.15) is 49.4 Å². The number of anilines is 1. The normalized spacial score (nSPS) is 15.7. The number of esters is 1. The van der Waals surface area contributed by atoms with E-state index in [2.05, 4.69) is 36.3 Å². The van der Waals surface area contributed by atoms with Crippen LogP contribution in [0.3, 0.4) is 0 Å². The highest BCUT2D eigenvalue weighted by molar-refractivity contribution is 5.81. The molecule has 1 unspecified atom stereocenters. The maximum atomic E-state index is 12.8. The average molecular weight is 422 g/mol. The van der Waals surface area contributed by atoms with E-state index in [0.717, 1.165) is 54.9 Å². The molecule has 0 saturated carbocycles. The molecule has 164 valence electrons. The first-order valence-electron chi connectivity index (χ1n) is 10.9. The number of carbonyl (C=O) groups is 1. The van der Waals surface area contributed by atoms with Gasteiger partial charge in [0, 0.05) is 18.8 Å². The van der Waals surface area contributed by atoms with E-state index in [1.807, 2.05) is 12.1 Å². The van der Waals surface area contributed by atoms with Crippen molar-refractivity contribution in [1.82, 2.24) is 4.90 Å². The number of hydrogen-bond acceptors (Lipinski definition) is 6. The highest BCUT2D eigenvalue weighted by Crippen LogP contribution is 2.28. The smallest absolute Gasteiger partial charge is 0.333 e. The van der Waals surface area contributed by atoms with Crippen molar-refractivity contribution in [3.8, 4) is 11.8 Å². The lowest BCUT2D eigenvalue weighted by atomic mass is 10.0. The van der Waals surface area contributed by atoms with Crippen LogP contribution in [0.2, 0.25) is 0 Å². The van der Waals surface area contributed by atoms with Crippen molar-refractivity contribution in [2.24, 2.45) is 0 Å². The summed E-state index contributed by atoms with van der Waals surface area (Å²) in [6.07, 6.45) is 3.01. The number of hydrogen-bond donors (Lipinski definition) is 1. The molecule has 1 fully saturated rings. The summed E-state index contributed by atoms with van der Waals surface area (Å²) >= 11 is 0. The minimum absolute atomic E-state index is 0.184. The second-order valence-electron chi connectivity index (χ2n) is 7.90. The fourth-order valence-corrected chi connectivity index (χ4v) is 3.73. The van der Waals surface area contributed by atoms with Gasteiger partial charge < -0.3 is 19.7 Å². The van der Waals surface area contributed by atoms with Crippen LogP contribution in [-0.2, 0) is 16.0 Å². The molecule has 31 heavy (non-hydrogen) atoms. The number of aryl methyl sites for hydroxylation is 1. The van der Waals surface area contributed by atoms with Crippen molar-refractivity contribution < 1.29 is 14.3 Å². The fraction of sp³-hybridized carbons (Fsp3) is 0.440. The van der Waals surface area contributed by atoms with Gasteiger partial charge >= 0.3 is 5.97 Å². The van der Waals surface area contributed by atoms with E-state index in [4.69, 9.17) is 14.7 Å². The van der Waals surface area contributed by atoms with E-state index in [-0.39, 0.29) is 12.1 Å². The summed E-state index contributed by atoms with van der Waals surface area (Å²) in [5.74, 6) is 0.449. The second kappa shape index (κ2) is 10.8. The Kier molecular flexibility index (Phi) is 7.91. The van der Waals surface area contributed by atoms with Crippen LogP contribution in [0.25, 0.3) is 0 Å². The first-order valence-corrected chi connectivity index (χ1v) is 10.9. The number of rotatable bonds is 8. The maximum Gasteiger partial charge on any atom is 0.333 e. The minimum atomic E-state index is -0.667. The Labute approximate surface area is 184 Å². The second-order valence-corrected chi connectivity index (χ2v) is 7.90. The van der Waals surface area contributed by atoms with E-state index in [1.165, 1.54) is 0 Å². The van der Waals surface area contributed by atoms with Gasteiger partial charge in [0.2, 0.25) is 0 Å². The molecular formula is C25H31N3O3. The predicted octanol–water partition coefficient (Wildman–Crippen LogP) is 4.31. The molecule has 0 spiro atoms. The number of nitrogens with one attached hydrogen (secondary N) is 1. The van der Waals surface area contributed by atoms with Gasteiger partial charge in [-0.2, -0.15) is 5.26 Å². The molecule has 3 rings (SSSR count). The number of piperidine rings is 1. The summed E-state index contributed by atoms with van der Waals surface area (Å²) in [6.45, 7) is 6.24. The average Bonchev–Trinajstić information content (AvgIpc) is 2.79. The molecule has 6 heteroatoms. The van der Waals surface area contributed by atoms with Crippen LogP contribution in [0, 0.1) is 11.3 Å². The Hall–Kier alpha value is -3.04. The van der Waals surface area contributed by atoms with Gasteiger partial charge in [0.05, 0.1) is 18.2 Å². The Morgan fingerprint density at radius 2 is 1.90 bits per heavy atom. The number of likely N-dealkylation sites (tertiary alicyclic amines) is 1. The van der Waals surface area contributed by atoms with Crippen LogP contribution in [-0.4, -0.2) is 43.7 Å². The SMILES string of the molecule is CCOC(=O)C(Nc1ccc(C#N)cc1)c1cc(CC)cc(OC2CCN(C)CC2)c1. The van der Waals surface area contributed by atoms with Crippen LogP contribution in [0.5, 0.6) is 5.75 Å². The lowest BCUT2D eigenvalue weighted by Crippen LogP contribution is -2.35. The molecular weight excluding hydrogens is 390 g/mol. The van der Waals surface area contributed by atoms with Crippen molar-refractivity contribution in [2.45, 2.75) is 45.3 Å². The van der Waals surface area contributed by atoms with Gasteiger partial charge in [-0.1, -0.05) is 13.0 Å². The molecule has 1 heterocycles. The number of ether oxygens (including phenoxy) is 2. The molecule has 1 aliphatic heterocycles. The summed E-state index contributed by atoms with van der Waals surface area (Å²) in [7, 11) is 2.13. The van der Waals surface area contributed by atoms with Crippen molar-refractivity contribution in [3.63, 3.8) is 0 Å². The largest absolute Gasteiger partial charge is 0.490 e. The molecule has 1 aliphatic rings.